The lowest BCUT2D eigenvalue weighted by Crippen LogP contribution is -2.45. The highest BCUT2D eigenvalue weighted by molar-refractivity contribution is 5.94. The molecule has 2 aromatic rings. The maximum absolute atomic E-state index is 12.3. The number of ether oxygens (including phenoxy) is 2. The second-order valence-corrected chi connectivity index (χ2v) is 6.14. The number of nitrogens with one attached hydrogen (secondary N) is 1. The number of rotatable bonds is 6. The molecule has 6 heteroatoms. The highest BCUT2D eigenvalue weighted by Crippen LogP contribution is 2.15. The van der Waals surface area contributed by atoms with Gasteiger partial charge in [0.2, 0.25) is 0 Å². The molecule has 1 aliphatic heterocycles. The van der Waals surface area contributed by atoms with E-state index < -0.39 is 0 Å². The molecule has 1 atom stereocenters. The standard InChI is InChI=1S/C19H23N3O3/c1-22-8-9-24-18(13-22)12-21-19(23)16-5-2-6-17(10-16)25-14-15-4-3-7-20-11-15/h2-7,10-11,18H,8-9,12-14H2,1H3,(H,21,23)/t18-/m1/s1. The van der Waals surface area contributed by atoms with E-state index in [1.807, 2.05) is 24.3 Å². The molecule has 1 aromatic heterocycles. The number of likely N-dealkylation sites (N-methyl/N-ethyl adjacent to an activating group) is 1. The molecular weight excluding hydrogens is 318 g/mol. The van der Waals surface area contributed by atoms with Gasteiger partial charge in [0.1, 0.15) is 12.4 Å². The van der Waals surface area contributed by atoms with Crippen LogP contribution in [-0.4, -0.2) is 55.2 Å². The maximum Gasteiger partial charge on any atom is 0.251 e. The van der Waals surface area contributed by atoms with Gasteiger partial charge in [0.25, 0.3) is 5.91 Å². The molecule has 0 bridgehead atoms. The molecule has 0 saturated carbocycles. The Labute approximate surface area is 147 Å². The number of hydrogen-bond acceptors (Lipinski definition) is 5. The van der Waals surface area contributed by atoms with Crippen molar-refractivity contribution in [1.82, 2.24) is 15.2 Å². The molecule has 1 aromatic carbocycles. The van der Waals surface area contributed by atoms with Gasteiger partial charge in [0.15, 0.2) is 0 Å². The van der Waals surface area contributed by atoms with Gasteiger partial charge in [-0.1, -0.05) is 12.1 Å². The molecule has 1 aliphatic rings. The van der Waals surface area contributed by atoms with Gasteiger partial charge < -0.3 is 19.7 Å². The molecule has 1 N–H and O–H groups in total. The van der Waals surface area contributed by atoms with Crippen molar-refractivity contribution in [1.29, 1.82) is 0 Å². The Morgan fingerprint density at radius 2 is 2.32 bits per heavy atom. The maximum atomic E-state index is 12.3. The molecule has 0 aliphatic carbocycles. The number of pyridine rings is 1. The number of aromatic nitrogens is 1. The molecule has 25 heavy (non-hydrogen) atoms. The summed E-state index contributed by atoms with van der Waals surface area (Å²) in [6.45, 7) is 3.38. The zero-order valence-electron chi connectivity index (χ0n) is 14.4. The van der Waals surface area contributed by atoms with E-state index in [4.69, 9.17) is 9.47 Å². The van der Waals surface area contributed by atoms with Crippen LogP contribution in [-0.2, 0) is 11.3 Å². The molecule has 1 saturated heterocycles. The molecule has 0 spiro atoms. The molecule has 132 valence electrons. The Bertz CT molecular complexity index is 693. The van der Waals surface area contributed by atoms with Crippen LogP contribution in [0.5, 0.6) is 5.75 Å². The average molecular weight is 341 g/mol. The Hall–Kier alpha value is -2.44. The SMILES string of the molecule is CN1CCO[C@H](CNC(=O)c2cccc(OCc3cccnc3)c2)C1. The minimum atomic E-state index is -0.122. The van der Waals surface area contributed by atoms with Crippen molar-refractivity contribution >= 4 is 5.91 Å². The molecule has 1 fully saturated rings. The van der Waals surface area contributed by atoms with Crippen LogP contribution in [0.3, 0.4) is 0 Å². The van der Waals surface area contributed by atoms with Crippen LogP contribution in [0, 0.1) is 0 Å². The molecule has 3 rings (SSSR count). The highest BCUT2D eigenvalue weighted by atomic mass is 16.5. The summed E-state index contributed by atoms with van der Waals surface area (Å²) in [5.41, 5.74) is 1.56. The third kappa shape index (κ3) is 5.27. The molecular formula is C19H23N3O3. The number of amides is 1. The summed E-state index contributed by atoms with van der Waals surface area (Å²) < 4.78 is 11.4. The van der Waals surface area contributed by atoms with Crippen molar-refractivity contribution in [3.8, 4) is 5.75 Å². The first-order valence-corrected chi connectivity index (χ1v) is 8.41. The summed E-state index contributed by atoms with van der Waals surface area (Å²) in [6.07, 6.45) is 3.52. The van der Waals surface area contributed by atoms with Crippen LogP contribution in [0.2, 0.25) is 0 Å². The normalized spacial score (nSPS) is 17.9. The zero-order chi connectivity index (χ0) is 17.5. The fraction of sp³-hybridized carbons (Fsp3) is 0.368. The van der Waals surface area contributed by atoms with Crippen LogP contribution in [0.15, 0.2) is 48.8 Å². The van der Waals surface area contributed by atoms with E-state index in [0.717, 1.165) is 18.7 Å². The third-order valence-corrected chi connectivity index (χ3v) is 4.06. The van der Waals surface area contributed by atoms with Crippen molar-refractivity contribution in [2.75, 3.05) is 33.3 Å². The largest absolute Gasteiger partial charge is 0.489 e. The first-order chi connectivity index (χ1) is 12.2. The minimum Gasteiger partial charge on any atom is -0.489 e. The van der Waals surface area contributed by atoms with E-state index in [9.17, 15) is 4.79 Å². The lowest BCUT2D eigenvalue weighted by atomic mass is 10.2. The zero-order valence-corrected chi connectivity index (χ0v) is 14.4. The number of nitrogens with zero attached hydrogens (tertiary/aromatic N) is 2. The summed E-state index contributed by atoms with van der Waals surface area (Å²) >= 11 is 0. The summed E-state index contributed by atoms with van der Waals surface area (Å²) in [7, 11) is 2.06. The summed E-state index contributed by atoms with van der Waals surface area (Å²) in [4.78, 5) is 18.6. The Morgan fingerprint density at radius 1 is 1.40 bits per heavy atom. The fourth-order valence-corrected chi connectivity index (χ4v) is 2.68. The van der Waals surface area contributed by atoms with Gasteiger partial charge in [-0.25, -0.2) is 0 Å². The fourth-order valence-electron chi connectivity index (χ4n) is 2.68. The predicted octanol–water partition coefficient (Wildman–Crippen LogP) is 1.72. The van der Waals surface area contributed by atoms with Gasteiger partial charge in [0, 0.05) is 43.2 Å². The van der Waals surface area contributed by atoms with E-state index in [-0.39, 0.29) is 12.0 Å². The monoisotopic (exact) mass is 341 g/mol. The van der Waals surface area contributed by atoms with Gasteiger partial charge in [-0.05, 0) is 31.3 Å². The van der Waals surface area contributed by atoms with Gasteiger partial charge in [0.05, 0.1) is 12.7 Å². The van der Waals surface area contributed by atoms with Gasteiger partial charge in [-0.15, -0.1) is 0 Å². The number of carbonyl (C=O) groups excluding carboxylic acids is 1. The topological polar surface area (TPSA) is 63.7 Å². The second-order valence-electron chi connectivity index (χ2n) is 6.14. The van der Waals surface area contributed by atoms with E-state index in [1.54, 1.807) is 24.5 Å². The lowest BCUT2D eigenvalue weighted by Gasteiger charge is -2.30. The molecule has 0 unspecified atom stereocenters. The second kappa shape index (κ2) is 8.60. The van der Waals surface area contributed by atoms with Crippen molar-refractivity contribution in [3.05, 3.63) is 59.9 Å². The number of carbonyl (C=O) groups is 1. The van der Waals surface area contributed by atoms with Gasteiger partial charge in [-0.2, -0.15) is 0 Å². The van der Waals surface area contributed by atoms with Crippen molar-refractivity contribution < 1.29 is 14.3 Å². The first kappa shape index (κ1) is 17.4. The van der Waals surface area contributed by atoms with E-state index in [2.05, 4.69) is 22.2 Å². The Balaban J connectivity index is 1.52. The van der Waals surface area contributed by atoms with Crippen LogP contribution in [0.4, 0.5) is 0 Å². The van der Waals surface area contributed by atoms with E-state index >= 15 is 0 Å². The van der Waals surface area contributed by atoms with Crippen molar-refractivity contribution in [2.24, 2.45) is 0 Å². The lowest BCUT2D eigenvalue weighted by molar-refractivity contribution is -0.0175. The third-order valence-electron chi connectivity index (χ3n) is 4.06. The molecule has 0 radical (unpaired) electrons. The molecule has 1 amide bonds. The van der Waals surface area contributed by atoms with Gasteiger partial charge in [-0.3, -0.25) is 9.78 Å². The van der Waals surface area contributed by atoms with Crippen LogP contribution in [0.25, 0.3) is 0 Å². The van der Waals surface area contributed by atoms with Crippen molar-refractivity contribution in [3.63, 3.8) is 0 Å². The van der Waals surface area contributed by atoms with Crippen LogP contribution >= 0.6 is 0 Å². The Morgan fingerprint density at radius 3 is 3.12 bits per heavy atom. The summed E-state index contributed by atoms with van der Waals surface area (Å²) in [5, 5.41) is 2.93. The Kier molecular flexibility index (Phi) is 5.98. The number of morpholine rings is 1. The smallest absolute Gasteiger partial charge is 0.251 e. The van der Waals surface area contributed by atoms with E-state index in [1.165, 1.54) is 0 Å². The quantitative estimate of drug-likeness (QED) is 0.867. The van der Waals surface area contributed by atoms with Crippen molar-refractivity contribution in [2.45, 2.75) is 12.7 Å². The summed E-state index contributed by atoms with van der Waals surface area (Å²) in [5.74, 6) is 0.536. The van der Waals surface area contributed by atoms with Crippen LogP contribution in [0.1, 0.15) is 15.9 Å². The minimum absolute atomic E-state index is 0.0349. The van der Waals surface area contributed by atoms with Crippen LogP contribution < -0.4 is 10.1 Å². The number of hydrogen-bond donors (Lipinski definition) is 1. The van der Waals surface area contributed by atoms with E-state index in [0.29, 0.717) is 31.1 Å². The molecule has 6 nitrogen and oxygen atoms in total. The summed E-state index contributed by atoms with van der Waals surface area (Å²) in [6, 6.07) is 11.0. The molecule has 2 heterocycles. The highest BCUT2D eigenvalue weighted by Gasteiger charge is 2.18. The van der Waals surface area contributed by atoms with Gasteiger partial charge >= 0.3 is 0 Å². The average Bonchev–Trinajstić information content (AvgIpc) is 2.65. The number of benzene rings is 1. The first-order valence-electron chi connectivity index (χ1n) is 8.41. The predicted molar refractivity (Wildman–Crippen MR) is 94.6 cm³/mol.